The molecule has 3 nitrogen and oxygen atoms in total. The molecule has 3 unspecified atom stereocenters. The summed E-state index contributed by atoms with van der Waals surface area (Å²) < 4.78 is 6.14. The topological polar surface area (TPSA) is 29.5 Å². The lowest BCUT2D eigenvalue weighted by molar-refractivity contribution is -0.158. The lowest BCUT2D eigenvalue weighted by Gasteiger charge is -2.53. The van der Waals surface area contributed by atoms with E-state index in [-0.39, 0.29) is 30.0 Å². The van der Waals surface area contributed by atoms with Gasteiger partial charge in [-0.1, -0.05) is 67.4 Å². The second-order valence-electron chi connectivity index (χ2n) is 9.65. The maximum atomic E-state index is 14.3. The summed E-state index contributed by atoms with van der Waals surface area (Å²) in [5.41, 5.74) is 1.70. The first-order valence-corrected chi connectivity index (χ1v) is 12.7. The number of amides is 1. The van der Waals surface area contributed by atoms with Gasteiger partial charge < -0.3 is 9.64 Å². The number of allylic oxidation sites excluding steroid dienone is 1. The Morgan fingerprint density at radius 2 is 1.94 bits per heavy atom. The smallest absolute Gasteiger partial charge is 0.229 e. The van der Waals surface area contributed by atoms with Gasteiger partial charge in [-0.3, -0.25) is 4.79 Å². The number of ether oxygens (including phenoxy) is 1. The normalized spacial score (nSPS) is 28.7. The average molecular weight is 486 g/mol. The zero-order chi connectivity index (χ0) is 23.6. The van der Waals surface area contributed by atoms with Crippen LogP contribution < -0.4 is 0 Å². The third-order valence-electron chi connectivity index (χ3n) is 7.35. The van der Waals surface area contributed by atoms with E-state index in [1.807, 2.05) is 36.4 Å². The van der Waals surface area contributed by atoms with Crippen molar-refractivity contribution < 1.29 is 9.53 Å². The van der Waals surface area contributed by atoms with Crippen molar-refractivity contribution in [3.63, 3.8) is 0 Å². The molecule has 0 spiro atoms. The second-order valence-corrected chi connectivity index (χ2v) is 10.5. The van der Waals surface area contributed by atoms with Gasteiger partial charge in [-0.15, -0.1) is 6.58 Å². The molecule has 2 fully saturated rings. The van der Waals surface area contributed by atoms with Gasteiger partial charge >= 0.3 is 0 Å². The highest BCUT2D eigenvalue weighted by Crippen LogP contribution is 2.52. The lowest BCUT2D eigenvalue weighted by Crippen LogP contribution is -2.58. The fourth-order valence-corrected chi connectivity index (χ4v) is 6.12. The van der Waals surface area contributed by atoms with Crippen LogP contribution in [0.2, 0.25) is 10.0 Å². The van der Waals surface area contributed by atoms with Crippen LogP contribution in [0.5, 0.6) is 0 Å². The predicted molar refractivity (Wildman–Crippen MR) is 136 cm³/mol. The van der Waals surface area contributed by atoms with Crippen LogP contribution in [0.1, 0.15) is 69.0 Å². The molecule has 5 atom stereocenters. The molecular formula is C28H33Cl2NO2. The molecule has 0 bridgehead atoms. The van der Waals surface area contributed by atoms with E-state index in [0.29, 0.717) is 16.5 Å². The summed E-state index contributed by atoms with van der Waals surface area (Å²) >= 11 is 12.7. The zero-order valence-electron chi connectivity index (χ0n) is 19.5. The van der Waals surface area contributed by atoms with Gasteiger partial charge in [-0.2, -0.15) is 0 Å². The Kier molecular flexibility index (Phi) is 7.53. The molecule has 2 aliphatic rings. The summed E-state index contributed by atoms with van der Waals surface area (Å²) in [6.07, 6.45) is 6.15. The van der Waals surface area contributed by atoms with Gasteiger partial charge in [-0.05, 0) is 67.5 Å². The number of likely N-dealkylation sites (tertiary alicyclic amines) is 1. The number of carbonyl (C=O) groups is 1. The molecule has 2 saturated heterocycles. The number of nitrogens with zero attached hydrogens (tertiary/aromatic N) is 1. The van der Waals surface area contributed by atoms with Crippen molar-refractivity contribution >= 4 is 29.1 Å². The first-order valence-electron chi connectivity index (χ1n) is 11.9. The molecule has 5 heteroatoms. The van der Waals surface area contributed by atoms with Gasteiger partial charge in [0, 0.05) is 22.6 Å². The van der Waals surface area contributed by atoms with Gasteiger partial charge in [-0.25, -0.2) is 0 Å². The van der Waals surface area contributed by atoms with Gasteiger partial charge in [0.15, 0.2) is 0 Å². The molecule has 33 heavy (non-hydrogen) atoms. The van der Waals surface area contributed by atoms with E-state index in [1.165, 1.54) is 0 Å². The highest BCUT2D eigenvalue weighted by Gasteiger charge is 2.52. The standard InChI is InChI=1S/C28H33Cl2NO2/c1-4-15-28(3)18-23(20-8-6-9-22(30)17-20)26(19-11-13-21(29)14-12-19)31(27(28)32)24(5-2)25-10-7-16-33-25/h4,6,8-9,11-14,17,23-26H,1,5,7,10,15-16,18H2,2-3H3/t23?,24?,25?,26-,28+/m1/s1. The van der Waals surface area contributed by atoms with Gasteiger partial charge in [0.1, 0.15) is 0 Å². The minimum atomic E-state index is -0.538. The van der Waals surface area contributed by atoms with E-state index in [4.69, 9.17) is 27.9 Å². The highest BCUT2D eigenvalue weighted by atomic mass is 35.5. The summed E-state index contributed by atoms with van der Waals surface area (Å²) in [6.45, 7) is 8.97. The van der Waals surface area contributed by atoms with Crippen molar-refractivity contribution in [1.29, 1.82) is 0 Å². The molecular weight excluding hydrogens is 453 g/mol. The van der Waals surface area contributed by atoms with Crippen LogP contribution in [0.3, 0.4) is 0 Å². The Hall–Kier alpha value is -1.81. The number of piperidine rings is 1. The van der Waals surface area contributed by atoms with Crippen LogP contribution in [0.25, 0.3) is 0 Å². The van der Waals surface area contributed by atoms with Crippen LogP contribution in [0.15, 0.2) is 61.2 Å². The Bertz CT molecular complexity index is 986. The summed E-state index contributed by atoms with van der Waals surface area (Å²) in [5, 5.41) is 1.40. The first-order chi connectivity index (χ1) is 15.9. The van der Waals surface area contributed by atoms with Crippen molar-refractivity contribution in [3.05, 3.63) is 82.4 Å². The molecule has 0 aliphatic carbocycles. The van der Waals surface area contributed by atoms with Crippen molar-refractivity contribution in [3.8, 4) is 0 Å². The predicted octanol–water partition coefficient (Wildman–Crippen LogP) is 7.59. The monoisotopic (exact) mass is 485 g/mol. The van der Waals surface area contributed by atoms with E-state index in [1.54, 1.807) is 0 Å². The van der Waals surface area contributed by atoms with Crippen LogP contribution in [0.4, 0.5) is 0 Å². The fourth-order valence-electron chi connectivity index (χ4n) is 5.80. The number of benzene rings is 2. The molecule has 176 valence electrons. The molecule has 2 aromatic rings. The summed E-state index contributed by atoms with van der Waals surface area (Å²) in [7, 11) is 0. The third kappa shape index (κ3) is 4.87. The van der Waals surface area contributed by atoms with Crippen LogP contribution in [0, 0.1) is 5.41 Å². The Morgan fingerprint density at radius 1 is 1.18 bits per heavy atom. The van der Waals surface area contributed by atoms with E-state index in [2.05, 4.69) is 43.5 Å². The molecule has 0 saturated carbocycles. The van der Waals surface area contributed by atoms with Gasteiger partial charge in [0.25, 0.3) is 0 Å². The fraction of sp³-hybridized carbons (Fsp3) is 0.464. The van der Waals surface area contributed by atoms with E-state index in [9.17, 15) is 4.79 Å². The van der Waals surface area contributed by atoms with Crippen LogP contribution >= 0.6 is 23.2 Å². The highest BCUT2D eigenvalue weighted by molar-refractivity contribution is 6.30. The minimum absolute atomic E-state index is 0.00630. The summed E-state index contributed by atoms with van der Waals surface area (Å²) in [6, 6.07) is 15.9. The van der Waals surface area contributed by atoms with E-state index >= 15 is 0 Å². The number of carbonyl (C=O) groups excluding carboxylic acids is 1. The Balaban J connectivity index is 1.89. The average Bonchev–Trinajstić information content (AvgIpc) is 3.33. The van der Waals surface area contributed by atoms with Crippen molar-refractivity contribution in [1.82, 2.24) is 4.90 Å². The molecule has 1 amide bonds. The van der Waals surface area contributed by atoms with Crippen molar-refractivity contribution in [2.75, 3.05) is 6.61 Å². The van der Waals surface area contributed by atoms with Crippen molar-refractivity contribution in [2.24, 2.45) is 5.41 Å². The minimum Gasteiger partial charge on any atom is -0.376 e. The SMILES string of the molecule is C=CC[C@@]1(C)CC(c2cccc(Cl)c2)[C@@H](c2ccc(Cl)cc2)N(C(CC)C2CCCO2)C1=O. The molecule has 2 aliphatic heterocycles. The maximum absolute atomic E-state index is 14.3. The lowest BCUT2D eigenvalue weighted by atomic mass is 9.66. The molecule has 2 aromatic carbocycles. The van der Waals surface area contributed by atoms with Crippen LogP contribution in [-0.4, -0.2) is 29.6 Å². The van der Waals surface area contributed by atoms with Gasteiger partial charge in [0.05, 0.1) is 23.6 Å². The van der Waals surface area contributed by atoms with Gasteiger partial charge in [0.2, 0.25) is 5.91 Å². The maximum Gasteiger partial charge on any atom is 0.229 e. The third-order valence-corrected chi connectivity index (χ3v) is 7.84. The quantitative estimate of drug-likeness (QED) is 0.378. The molecule has 0 radical (unpaired) electrons. The van der Waals surface area contributed by atoms with Crippen LogP contribution in [-0.2, 0) is 9.53 Å². The summed E-state index contributed by atoms with van der Waals surface area (Å²) in [4.78, 5) is 16.4. The van der Waals surface area contributed by atoms with Crippen molar-refractivity contribution in [2.45, 2.75) is 70.1 Å². The number of halogens is 2. The van der Waals surface area contributed by atoms with E-state index in [0.717, 1.165) is 43.4 Å². The van der Waals surface area contributed by atoms with E-state index < -0.39 is 5.41 Å². The number of hydrogen-bond acceptors (Lipinski definition) is 2. The Morgan fingerprint density at radius 3 is 2.55 bits per heavy atom. The first kappa shape index (κ1) is 24.3. The molecule has 4 rings (SSSR count). The summed E-state index contributed by atoms with van der Waals surface area (Å²) in [5.74, 6) is 0.269. The zero-order valence-corrected chi connectivity index (χ0v) is 21.0. The molecule has 2 heterocycles. The molecule has 0 aromatic heterocycles. The number of hydrogen-bond donors (Lipinski definition) is 0. The number of rotatable bonds is 7. The Labute approximate surface area is 207 Å². The largest absolute Gasteiger partial charge is 0.376 e. The molecule has 0 N–H and O–H groups in total. The second kappa shape index (κ2) is 10.2.